The summed E-state index contributed by atoms with van der Waals surface area (Å²) in [6, 6.07) is 6.47. The predicted octanol–water partition coefficient (Wildman–Crippen LogP) is 3.68. The maximum atomic E-state index is 4.24. The summed E-state index contributed by atoms with van der Waals surface area (Å²) in [7, 11) is 0. The highest BCUT2D eigenvalue weighted by atomic mass is 32.1. The standard InChI is InChI=1S/C13H16N2S/c1-9-4-5-12(10(2)6-9)14-7-13-11(3)15-8-16-13/h4-6,8,14H,7H2,1-3H3. The first kappa shape index (κ1) is 11.1. The largest absolute Gasteiger partial charge is 0.380 e. The zero-order chi connectivity index (χ0) is 11.5. The van der Waals surface area contributed by atoms with Crippen LogP contribution in [-0.2, 0) is 6.54 Å². The van der Waals surface area contributed by atoms with Crippen LogP contribution in [0.15, 0.2) is 23.7 Å². The van der Waals surface area contributed by atoms with E-state index in [2.05, 4.69) is 49.3 Å². The molecule has 0 saturated heterocycles. The molecule has 0 spiro atoms. The van der Waals surface area contributed by atoms with Crippen LogP contribution in [-0.4, -0.2) is 4.98 Å². The van der Waals surface area contributed by atoms with Crippen molar-refractivity contribution in [2.24, 2.45) is 0 Å². The molecule has 0 fully saturated rings. The molecule has 0 radical (unpaired) electrons. The minimum atomic E-state index is 0.862. The van der Waals surface area contributed by atoms with Gasteiger partial charge in [-0.15, -0.1) is 11.3 Å². The Morgan fingerprint density at radius 2 is 2.06 bits per heavy atom. The van der Waals surface area contributed by atoms with E-state index in [-0.39, 0.29) is 0 Å². The lowest BCUT2D eigenvalue weighted by molar-refractivity contribution is 1.11. The average molecular weight is 232 g/mol. The molecule has 0 atom stereocenters. The highest BCUT2D eigenvalue weighted by Crippen LogP contribution is 2.19. The van der Waals surface area contributed by atoms with Crippen molar-refractivity contribution in [2.75, 3.05) is 5.32 Å². The van der Waals surface area contributed by atoms with Crippen molar-refractivity contribution in [1.82, 2.24) is 4.98 Å². The molecular formula is C13H16N2S. The molecule has 1 heterocycles. The maximum Gasteiger partial charge on any atom is 0.0798 e. The molecule has 2 rings (SSSR count). The van der Waals surface area contributed by atoms with Crippen LogP contribution in [0.5, 0.6) is 0 Å². The molecule has 0 amide bonds. The number of aromatic nitrogens is 1. The van der Waals surface area contributed by atoms with Crippen LogP contribution >= 0.6 is 11.3 Å². The van der Waals surface area contributed by atoms with Gasteiger partial charge in [0.05, 0.1) is 17.7 Å². The molecule has 1 aromatic carbocycles. The second kappa shape index (κ2) is 4.66. The summed E-state index contributed by atoms with van der Waals surface area (Å²) in [4.78, 5) is 5.55. The normalized spacial score (nSPS) is 10.4. The lowest BCUT2D eigenvalue weighted by Gasteiger charge is -2.09. The van der Waals surface area contributed by atoms with Crippen molar-refractivity contribution in [3.05, 3.63) is 45.4 Å². The lowest BCUT2D eigenvalue weighted by Crippen LogP contribution is -2.00. The van der Waals surface area contributed by atoms with Crippen molar-refractivity contribution in [3.8, 4) is 0 Å². The van der Waals surface area contributed by atoms with Gasteiger partial charge in [0.2, 0.25) is 0 Å². The number of benzene rings is 1. The zero-order valence-corrected chi connectivity index (χ0v) is 10.7. The van der Waals surface area contributed by atoms with Crippen LogP contribution in [0.3, 0.4) is 0 Å². The van der Waals surface area contributed by atoms with Gasteiger partial charge in [0.15, 0.2) is 0 Å². The van der Waals surface area contributed by atoms with Gasteiger partial charge in [-0.1, -0.05) is 17.7 Å². The third-order valence-electron chi connectivity index (χ3n) is 2.67. The minimum absolute atomic E-state index is 0.862. The van der Waals surface area contributed by atoms with Gasteiger partial charge in [-0.3, -0.25) is 0 Å². The molecule has 0 bridgehead atoms. The third kappa shape index (κ3) is 2.42. The van der Waals surface area contributed by atoms with E-state index in [0.717, 1.165) is 12.2 Å². The van der Waals surface area contributed by atoms with Crippen molar-refractivity contribution in [2.45, 2.75) is 27.3 Å². The van der Waals surface area contributed by atoms with Crippen LogP contribution in [0.4, 0.5) is 5.69 Å². The summed E-state index contributed by atoms with van der Waals surface area (Å²) in [5, 5.41) is 3.45. The Hall–Kier alpha value is -1.35. The Morgan fingerprint density at radius 3 is 2.69 bits per heavy atom. The van der Waals surface area contributed by atoms with Crippen LogP contribution in [0.1, 0.15) is 21.7 Å². The van der Waals surface area contributed by atoms with Crippen molar-refractivity contribution in [3.63, 3.8) is 0 Å². The molecule has 0 aliphatic rings. The summed E-state index contributed by atoms with van der Waals surface area (Å²) in [6.45, 7) is 7.16. The van der Waals surface area contributed by atoms with E-state index in [1.807, 2.05) is 5.51 Å². The molecule has 0 unspecified atom stereocenters. The molecule has 16 heavy (non-hydrogen) atoms. The van der Waals surface area contributed by atoms with Gasteiger partial charge >= 0.3 is 0 Å². The smallest absolute Gasteiger partial charge is 0.0798 e. The molecule has 1 aromatic heterocycles. The second-order valence-electron chi connectivity index (χ2n) is 4.03. The summed E-state index contributed by atoms with van der Waals surface area (Å²) in [5.41, 5.74) is 6.83. The molecule has 2 aromatic rings. The molecule has 0 aliphatic carbocycles. The topological polar surface area (TPSA) is 24.9 Å². The van der Waals surface area contributed by atoms with Gasteiger partial charge in [0, 0.05) is 10.6 Å². The molecule has 0 saturated carbocycles. The second-order valence-corrected chi connectivity index (χ2v) is 4.97. The van der Waals surface area contributed by atoms with Crippen LogP contribution in [0, 0.1) is 20.8 Å². The summed E-state index contributed by atoms with van der Waals surface area (Å²) >= 11 is 1.70. The number of nitrogens with zero attached hydrogens (tertiary/aromatic N) is 1. The molecule has 3 heteroatoms. The number of anilines is 1. The molecular weight excluding hydrogens is 216 g/mol. The predicted molar refractivity (Wildman–Crippen MR) is 70.1 cm³/mol. The van der Waals surface area contributed by atoms with E-state index in [0.29, 0.717) is 0 Å². The van der Waals surface area contributed by atoms with Gasteiger partial charge < -0.3 is 5.32 Å². The lowest BCUT2D eigenvalue weighted by atomic mass is 10.1. The number of hydrogen-bond donors (Lipinski definition) is 1. The zero-order valence-electron chi connectivity index (χ0n) is 9.87. The van der Waals surface area contributed by atoms with E-state index < -0.39 is 0 Å². The van der Waals surface area contributed by atoms with Crippen LogP contribution < -0.4 is 5.32 Å². The molecule has 84 valence electrons. The molecule has 0 aliphatic heterocycles. The van der Waals surface area contributed by atoms with E-state index in [9.17, 15) is 0 Å². The van der Waals surface area contributed by atoms with E-state index >= 15 is 0 Å². The van der Waals surface area contributed by atoms with E-state index in [4.69, 9.17) is 0 Å². The Kier molecular flexibility index (Phi) is 3.25. The first-order valence-corrected chi connectivity index (χ1v) is 6.25. The van der Waals surface area contributed by atoms with Crippen LogP contribution in [0.25, 0.3) is 0 Å². The average Bonchev–Trinajstić information content (AvgIpc) is 2.63. The number of thiazole rings is 1. The third-order valence-corrected chi connectivity index (χ3v) is 3.60. The summed E-state index contributed by atoms with van der Waals surface area (Å²) in [5.74, 6) is 0. The SMILES string of the molecule is Cc1ccc(NCc2scnc2C)c(C)c1. The monoisotopic (exact) mass is 232 g/mol. The Labute approximate surface area is 100 Å². The van der Waals surface area contributed by atoms with Gasteiger partial charge in [-0.05, 0) is 32.4 Å². The van der Waals surface area contributed by atoms with Gasteiger partial charge in [0.25, 0.3) is 0 Å². The van der Waals surface area contributed by atoms with Gasteiger partial charge in [-0.25, -0.2) is 4.98 Å². The number of rotatable bonds is 3. The fourth-order valence-corrected chi connectivity index (χ4v) is 2.40. The summed E-state index contributed by atoms with van der Waals surface area (Å²) < 4.78 is 0. The maximum absolute atomic E-state index is 4.24. The quantitative estimate of drug-likeness (QED) is 0.873. The highest BCUT2D eigenvalue weighted by Gasteiger charge is 2.02. The molecule has 2 nitrogen and oxygen atoms in total. The van der Waals surface area contributed by atoms with Gasteiger partial charge in [0.1, 0.15) is 0 Å². The summed E-state index contributed by atoms with van der Waals surface area (Å²) in [6.07, 6.45) is 0. The first-order valence-electron chi connectivity index (χ1n) is 5.37. The van der Waals surface area contributed by atoms with Gasteiger partial charge in [-0.2, -0.15) is 0 Å². The van der Waals surface area contributed by atoms with Crippen molar-refractivity contribution >= 4 is 17.0 Å². The number of nitrogens with one attached hydrogen (secondary N) is 1. The van der Waals surface area contributed by atoms with Crippen LogP contribution in [0.2, 0.25) is 0 Å². The molecule has 1 N–H and O–H groups in total. The van der Waals surface area contributed by atoms with E-state index in [1.54, 1.807) is 11.3 Å². The Bertz CT molecular complexity index is 488. The first-order chi connectivity index (χ1) is 7.66. The minimum Gasteiger partial charge on any atom is -0.380 e. The fourth-order valence-electron chi connectivity index (χ4n) is 1.68. The Morgan fingerprint density at radius 1 is 1.25 bits per heavy atom. The number of hydrogen-bond acceptors (Lipinski definition) is 3. The highest BCUT2D eigenvalue weighted by molar-refractivity contribution is 7.09. The fraction of sp³-hybridized carbons (Fsp3) is 0.308. The van der Waals surface area contributed by atoms with Crippen molar-refractivity contribution < 1.29 is 0 Å². The van der Waals surface area contributed by atoms with E-state index in [1.165, 1.54) is 21.7 Å². The Balaban J connectivity index is 2.08. The van der Waals surface area contributed by atoms with Crippen molar-refractivity contribution in [1.29, 1.82) is 0 Å². The number of aryl methyl sites for hydroxylation is 3.